The van der Waals surface area contributed by atoms with Crippen molar-refractivity contribution in [1.82, 2.24) is 4.90 Å². The van der Waals surface area contributed by atoms with Gasteiger partial charge in [-0.3, -0.25) is 9.59 Å². The molecular formula is C11H13Br2NO3S. The summed E-state index contributed by atoms with van der Waals surface area (Å²) < 4.78 is 1.61. The lowest BCUT2D eigenvalue weighted by Gasteiger charge is -2.26. The maximum Gasteiger partial charge on any atom is 0.305 e. The van der Waals surface area contributed by atoms with Crippen LogP contribution >= 0.6 is 43.2 Å². The van der Waals surface area contributed by atoms with Crippen molar-refractivity contribution in [2.75, 3.05) is 6.54 Å². The molecule has 1 rings (SSSR count). The quantitative estimate of drug-likeness (QED) is 0.824. The van der Waals surface area contributed by atoms with Crippen LogP contribution in [0.4, 0.5) is 0 Å². The van der Waals surface area contributed by atoms with Crippen LogP contribution in [0.1, 0.15) is 30.6 Å². The van der Waals surface area contributed by atoms with E-state index in [1.807, 2.05) is 6.92 Å². The van der Waals surface area contributed by atoms with Crippen molar-refractivity contribution in [2.45, 2.75) is 26.3 Å². The molecule has 1 heterocycles. The Kier molecular flexibility index (Phi) is 5.81. The molecular weight excluding hydrogens is 386 g/mol. The van der Waals surface area contributed by atoms with Crippen LogP contribution in [0.3, 0.4) is 0 Å². The largest absolute Gasteiger partial charge is 0.481 e. The molecule has 0 aliphatic rings. The van der Waals surface area contributed by atoms with Gasteiger partial charge in [0.25, 0.3) is 5.91 Å². The zero-order valence-electron chi connectivity index (χ0n) is 9.94. The summed E-state index contributed by atoms with van der Waals surface area (Å²) in [5, 5.41) is 8.79. The van der Waals surface area contributed by atoms with Crippen molar-refractivity contribution in [3.8, 4) is 0 Å². The molecule has 1 amide bonds. The molecule has 0 fully saturated rings. The maximum absolute atomic E-state index is 12.3. The Morgan fingerprint density at radius 2 is 2.11 bits per heavy atom. The summed E-state index contributed by atoms with van der Waals surface area (Å²) in [5.41, 5.74) is 0.561. The maximum atomic E-state index is 12.3. The fourth-order valence-corrected chi connectivity index (χ4v) is 4.44. The lowest BCUT2D eigenvalue weighted by atomic mass is 10.1. The smallest absolute Gasteiger partial charge is 0.305 e. The first-order valence-corrected chi connectivity index (χ1v) is 7.74. The number of nitrogens with zero attached hydrogens (tertiary/aromatic N) is 1. The van der Waals surface area contributed by atoms with Crippen LogP contribution in [-0.4, -0.2) is 34.5 Å². The van der Waals surface area contributed by atoms with Crippen LogP contribution in [0.15, 0.2) is 13.6 Å². The van der Waals surface area contributed by atoms with Gasteiger partial charge in [-0.25, -0.2) is 0 Å². The van der Waals surface area contributed by atoms with Crippen LogP contribution in [0.25, 0.3) is 0 Å². The topological polar surface area (TPSA) is 57.6 Å². The first-order valence-electron chi connectivity index (χ1n) is 5.34. The second kappa shape index (κ2) is 6.68. The molecule has 18 heavy (non-hydrogen) atoms. The normalized spacial score (nSPS) is 12.2. The van der Waals surface area contributed by atoms with Crippen LogP contribution in [0.5, 0.6) is 0 Å². The molecule has 0 spiro atoms. The Morgan fingerprint density at radius 1 is 1.50 bits per heavy atom. The van der Waals surface area contributed by atoms with E-state index in [4.69, 9.17) is 5.11 Å². The molecule has 100 valence electrons. The van der Waals surface area contributed by atoms with Gasteiger partial charge < -0.3 is 10.0 Å². The molecule has 1 N–H and O–H groups in total. The van der Waals surface area contributed by atoms with E-state index >= 15 is 0 Å². The SMILES string of the molecule is CCN(C(=O)c1cc(Br)sc1Br)C(C)CC(=O)O. The standard InChI is InChI=1S/C11H13Br2NO3S/c1-3-14(6(2)4-9(15)16)11(17)7-5-8(12)18-10(7)13/h5-6H,3-4H2,1-2H3,(H,15,16). The Labute approximate surface area is 126 Å². The van der Waals surface area contributed by atoms with Crippen molar-refractivity contribution >= 4 is 55.1 Å². The van der Waals surface area contributed by atoms with E-state index in [9.17, 15) is 9.59 Å². The minimum Gasteiger partial charge on any atom is -0.481 e. The first-order chi connectivity index (χ1) is 8.36. The van der Waals surface area contributed by atoms with Crippen molar-refractivity contribution in [2.24, 2.45) is 0 Å². The molecule has 0 aliphatic heterocycles. The van der Waals surface area contributed by atoms with Gasteiger partial charge in [0.1, 0.15) is 0 Å². The van der Waals surface area contributed by atoms with Gasteiger partial charge in [-0.05, 0) is 51.8 Å². The van der Waals surface area contributed by atoms with Crippen molar-refractivity contribution in [3.05, 3.63) is 19.2 Å². The van der Waals surface area contributed by atoms with Gasteiger partial charge >= 0.3 is 5.97 Å². The summed E-state index contributed by atoms with van der Waals surface area (Å²) in [6.07, 6.45) is -0.0531. The number of hydrogen-bond acceptors (Lipinski definition) is 3. The molecule has 0 saturated carbocycles. The summed E-state index contributed by atoms with van der Waals surface area (Å²) in [7, 11) is 0. The predicted octanol–water partition coefficient (Wildman–Crippen LogP) is 3.60. The highest BCUT2D eigenvalue weighted by Gasteiger charge is 2.24. The van der Waals surface area contributed by atoms with Gasteiger partial charge in [-0.15, -0.1) is 11.3 Å². The highest BCUT2D eigenvalue weighted by Crippen LogP contribution is 2.33. The summed E-state index contributed by atoms with van der Waals surface area (Å²) in [5.74, 6) is -1.06. The number of amides is 1. The molecule has 0 saturated heterocycles. The first kappa shape index (κ1) is 15.7. The number of aliphatic carboxylic acids is 1. The van der Waals surface area contributed by atoms with Gasteiger partial charge in [0.05, 0.1) is 19.6 Å². The van der Waals surface area contributed by atoms with Gasteiger partial charge in [-0.1, -0.05) is 0 Å². The predicted molar refractivity (Wildman–Crippen MR) is 78.1 cm³/mol. The minimum absolute atomic E-state index is 0.0531. The Morgan fingerprint density at radius 3 is 2.50 bits per heavy atom. The fraction of sp³-hybridized carbons (Fsp3) is 0.455. The van der Waals surface area contributed by atoms with E-state index in [0.717, 1.165) is 7.57 Å². The summed E-state index contributed by atoms with van der Waals surface area (Å²) in [6, 6.07) is 1.42. The molecule has 1 atom stereocenters. The molecule has 0 radical (unpaired) electrons. The third-order valence-corrected chi connectivity index (χ3v) is 4.83. The molecule has 1 aromatic rings. The number of carbonyl (C=O) groups is 2. The van der Waals surface area contributed by atoms with E-state index in [-0.39, 0.29) is 18.4 Å². The lowest BCUT2D eigenvalue weighted by Crippen LogP contribution is -2.39. The zero-order chi connectivity index (χ0) is 13.9. The van der Waals surface area contributed by atoms with Crippen LogP contribution in [0.2, 0.25) is 0 Å². The molecule has 1 unspecified atom stereocenters. The van der Waals surface area contributed by atoms with Gasteiger partial charge in [0.2, 0.25) is 0 Å². The zero-order valence-corrected chi connectivity index (χ0v) is 13.9. The van der Waals surface area contributed by atoms with Crippen molar-refractivity contribution in [3.63, 3.8) is 0 Å². The Hall–Kier alpha value is -0.400. The molecule has 4 nitrogen and oxygen atoms in total. The van der Waals surface area contributed by atoms with Crippen LogP contribution in [0, 0.1) is 0 Å². The van der Waals surface area contributed by atoms with E-state index in [0.29, 0.717) is 12.1 Å². The summed E-state index contributed by atoms with van der Waals surface area (Å²) in [6.45, 7) is 4.06. The van der Waals surface area contributed by atoms with Gasteiger partial charge in [-0.2, -0.15) is 0 Å². The minimum atomic E-state index is -0.903. The number of carbonyl (C=O) groups excluding carboxylic acids is 1. The molecule has 0 aromatic carbocycles. The summed E-state index contributed by atoms with van der Waals surface area (Å²) >= 11 is 8.08. The van der Waals surface area contributed by atoms with Crippen LogP contribution < -0.4 is 0 Å². The fourth-order valence-electron chi connectivity index (χ4n) is 1.66. The second-order valence-corrected chi connectivity index (χ2v) is 7.53. The van der Waals surface area contributed by atoms with E-state index in [2.05, 4.69) is 31.9 Å². The third-order valence-electron chi connectivity index (χ3n) is 2.49. The van der Waals surface area contributed by atoms with Gasteiger partial charge in [0, 0.05) is 12.6 Å². The second-order valence-electron chi connectivity index (χ2n) is 3.78. The number of halogens is 2. The van der Waals surface area contributed by atoms with Crippen molar-refractivity contribution < 1.29 is 14.7 Å². The molecule has 7 heteroatoms. The number of carboxylic acid groups (broad SMARTS) is 1. The molecule has 0 bridgehead atoms. The monoisotopic (exact) mass is 397 g/mol. The average Bonchev–Trinajstić information content (AvgIpc) is 2.57. The molecule has 1 aromatic heterocycles. The van der Waals surface area contributed by atoms with Crippen LogP contribution in [-0.2, 0) is 4.79 Å². The Bertz CT molecular complexity index is 461. The summed E-state index contributed by atoms with van der Waals surface area (Å²) in [4.78, 5) is 24.6. The van der Waals surface area contributed by atoms with E-state index < -0.39 is 5.97 Å². The van der Waals surface area contributed by atoms with Gasteiger partial charge in [0.15, 0.2) is 0 Å². The highest BCUT2D eigenvalue weighted by atomic mass is 79.9. The third kappa shape index (κ3) is 3.80. The number of thiophene rings is 1. The highest BCUT2D eigenvalue weighted by molar-refractivity contribution is 9.12. The number of rotatable bonds is 5. The Balaban J connectivity index is 2.92. The average molecular weight is 399 g/mol. The van der Waals surface area contributed by atoms with E-state index in [1.54, 1.807) is 17.9 Å². The lowest BCUT2D eigenvalue weighted by molar-refractivity contribution is -0.138. The van der Waals surface area contributed by atoms with Crippen molar-refractivity contribution in [1.29, 1.82) is 0 Å². The molecule has 0 aliphatic carbocycles. The number of carboxylic acids is 1. The van der Waals surface area contributed by atoms with E-state index in [1.165, 1.54) is 11.3 Å². The number of hydrogen-bond donors (Lipinski definition) is 1.